The van der Waals surface area contributed by atoms with Gasteiger partial charge < -0.3 is 98.1 Å². The highest BCUT2D eigenvalue weighted by Gasteiger charge is 2.79. The molecule has 32 heteroatoms. The maximum absolute atomic E-state index is 14.7. The lowest BCUT2D eigenvalue weighted by Gasteiger charge is -2.64. The average molecular weight is 1310 g/mol. The summed E-state index contributed by atoms with van der Waals surface area (Å²) >= 11 is 0. The summed E-state index contributed by atoms with van der Waals surface area (Å²) in [6.07, 6.45) is -30.3. The number of allylic oxidation sites excluding steroid dienone is 3. The molecule has 8 fully saturated rings. The van der Waals surface area contributed by atoms with Crippen molar-refractivity contribution in [2.45, 2.75) is 241 Å². The summed E-state index contributed by atoms with van der Waals surface area (Å²) in [5, 5.41) is 101. The Labute approximate surface area is 510 Å². The van der Waals surface area contributed by atoms with Gasteiger partial charge in [0.1, 0.15) is 103 Å². The zero-order chi connectivity index (χ0) is 64.8. The third-order valence-corrected chi connectivity index (χ3v) is 21.8. The minimum Gasteiger partial charge on any atom is -0.462 e. The molecule has 0 aromatic heterocycles. The van der Waals surface area contributed by atoms with E-state index >= 15 is 0 Å². The van der Waals surface area contributed by atoms with Gasteiger partial charge in [-0.2, -0.15) is 16.8 Å². The molecule has 0 unspecified atom stereocenters. The van der Waals surface area contributed by atoms with Crippen LogP contribution in [0, 0.1) is 39.4 Å². The third-order valence-electron chi connectivity index (χ3n) is 20.9. The van der Waals surface area contributed by atoms with E-state index in [4.69, 9.17) is 56.3 Å². The molecule has 5 saturated heterocycles. The van der Waals surface area contributed by atoms with Crippen molar-refractivity contribution < 1.29 is 142 Å². The van der Waals surface area contributed by atoms with Gasteiger partial charge in [0.05, 0.1) is 43.9 Å². The topological polar surface area (TPSA) is 445 Å². The summed E-state index contributed by atoms with van der Waals surface area (Å²) in [6.45, 7) is 14.0. The van der Waals surface area contributed by atoms with Gasteiger partial charge in [-0.25, -0.2) is 8.37 Å². The average Bonchev–Trinajstić information content (AvgIpc) is 1.46. The molecule has 0 radical (unpaired) electrons. The Kier molecular flexibility index (Phi) is 20.6. The van der Waals surface area contributed by atoms with Gasteiger partial charge in [-0.1, -0.05) is 44.9 Å². The number of esters is 2. The van der Waals surface area contributed by atoms with Gasteiger partial charge in [-0.05, 0) is 94.3 Å². The van der Waals surface area contributed by atoms with Gasteiger partial charge in [-0.15, -0.1) is 6.58 Å². The fourth-order valence-corrected chi connectivity index (χ4v) is 17.6. The summed E-state index contributed by atoms with van der Waals surface area (Å²) in [5.41, 5.74) is -1.53. The van der Waals surface area contributed by atoms with Crippen LogP contribution >= 0.6 is 0 Å². The highest BCUT2D eigenvalue weighted by atomic mass is 32.3. The lowest BCUT2D eigenvalue weighted by Crippen LogP contribution is -2.67. The molecular formula is C56H88O30S2. The van der Waals surface area contributed by atoms with Crippen LogP contribution in [0.1, 0.15) is 106 Å². The largest absolute Gasteiger partial charge is 0.462 e. The van der Waals surface area contributed by atoms with Gasteiger partial charge in [0.2, 0.25) is 0 Å². The third kappa shape index (κ3) is 12.8. The number of fused-ring (bicyclic) bond motifs is 4. The zero-order valence-electron chi connectivity index (χ0n) is 50.3. The van der Waals surface area contributed by atoms with Crippen molar-refractivity contribution in [1.29, 1.82) is 0 Å². The molecule has 28 atom stereocenters. The normalized spacial score (nSPS) is 47.6. The number of carbonyl (C=O) groups is 2. The molecule has 88 heavy (non-hydrogen) atoms. The van der Waals surface area contributed by atoms with Crippen LogP contribution in [-0.2, 0) is 90.9 Å². The van der Waals surface area contributed by atoms with Gasteiger partial charge in [0, 0.05) is 19.4 Å². The van der Waals surface area contributed by atoms with E-state index in [1.807, 2.05) is 27.7 Å². The first-order valence-corrected chi connectivity index (χ1v) is 32.5. The lowest BCUT2D eigenvalue weighted by molar-refractivity contribution is -0.391. The second kappa shape index (κ2) is 26.0. The van der Waals surface area contributed by atoms with E-state index in [0.717, 1.165) is 31.1 Å². The van der Waals surface area contributed by atoms with Crippen molar-refractivity contribution in [3.8, 4) is 0 Å². The first kappa shape index (κ1) is 69.8. The molecular weight excluding hydrogens is 1220 g/mol. The number of carbonyl (C=O) groups excluding carboxylic acids is 2. The molecule has 5 aliphatic heterocycles. The Bertz CT molecular complexity index is 2790. The fourth-order valence-electron chi connectivity index (χ4n) is 16.8. The predicted octanol–water partition coefficient (Wildman–Crippen LogP) is -1.22. The molecule has 0 aromatic carbocycles. The van der Waals surface area contributed by atoms with Crippen molar-refractivity contribution in [3.63, 3.8) is 0 Å². The van der Waals surface area contributed by atoms with E-state index in [2.05, 4.69) is 30.7 Å². The Balaban J connectivity index is 0.938. The molecule has 0 aromatic rings. The van der Waals surface area contributed by atoms with Crippen LogP contribution in [0.25, 0.3) is 0 Å². The first-order chi connectivity index (χ1) is 41.0. The Morgan fingerprint density at radius 2 is 1.31 bits per heavy atom. The second-order valence-electron chi connectivity index (χ2n) is 26.6. The smallest absolute Gasteiger partial charge is 0.397 e. The molecule has 30 nitrogen and oxygen atoms in total. The van der Waals surface area contributed by atoms with Crippen LogP contribution < -0.4 is 0 Å². The van der Waals surface area contributed by atoms with Crippen LogP contribution in [-0.4, -0.2) is 252 Å². The molecule has 9 aliphatic rings. The number of methoxy groups -OCH3 is 1. The highest BCUT2D eigenvalue weighted by molar-refractivity contribution is 7.81. The Hall–Kier alpha value is -2.56. The molecule has 0 amide bonds. The van der Waals surface area contributed by atoms with Crippen LogP contribution in [0.2, 0.25) is 0 Å². The Morgan fingerprint density at radius 1 is 0.705 bits per heavy atom. The molecule has 9 rings (SSSR count). The summed E-state index contributed by atoms with van der Waals surface area (Å²) in [7, 11) is -9.37. The minimum absolute atomic E-state index is 0.0201. The maximum atomic E-state index is 14.7. The monoisotopic (exact) mass is 1300 g/mol. The number of ether oxygens (including phenoxy) is 11. The number of aliphatic hydroxyl groups is 9. The quantitative estimate of drug-likeness (QED) is 0.0364. The fraction of sp³-hybridized carbons (Fsp3) is 0.893. The van der Waals surface area contributed by atoms with Gasteiger partial charge in [-0.3, -0.25) is 18.7 Å². The van der Waals surface area contributed by atoms with Crippen LogP contribution in [0.5, 0.6) is 0 Å². The zero-order valence-corrected chi connectivity index (χ0v) is 52.0. The summed E-state index contributed by atoms with van der Waals surface area (Å²) < 4.78 is 141. The highest BCUT2D eigenvalue weighted by Crippen LogP contribution is 2.77. The molecule has 504 valence electrons. The predicted molar refractivity (Wildman–Crippen MR) is 294 cm³/mol. The summed E-state index contributed by atoms with van der Waals surface area (Å²) in [4.78, 5) is 27.5. The van der Waals surface area contributed by atoms with E-state index in [1.165, 1.54) is 6.92 Å². The summed E-state index contributed by atoms with van der Waals surface area (Å²) in [6, 6.07) is 0. The lowest BCUT2D eigenvalue weighted by atomic mass is 9.41. The number of rotatable bonds is 21. The molecule has 1 spiro atoms. The van der Waals surface area contributed by atoms with Crippen LogP contribution in [0.4, 0.5) is 0 Å². The van der Waals surface area contributed by atoms with Crippen molar-refractivity contribution in [2.24, 2.45) is 39.4 Å². The standard InChI is InChI=1S/C56H88O30S2/c1-24(2)11-10-16-55(8)46-28(77-25(3)59)19-54(7)27-12-13-33-52(4,5)34(15-17-53(33,6)26(27)14-18-56(46,54)51(67)85-55)81-50-45(37(62)32(22-75-50)86-88(71,72)73)84-47-39(64)38(63)42(30(21-58)79-47)82-49-41(66)44(36(61)31(80-49)23-76-87(68,69)70)83-48-40(65)43(74-9)35(60)29(20-57)78-48/h12,26,28-50,57-58,60-66H,1,10-11,13-23H2,2-9H3,(H,68,69,70)(H,71,72,73)/t26-,28-,29+,30+,31+,32-,33-,34-,35+,36+,37-,38-,39+,40+,41+,42+,43-,44-,45-,46+,47-,48-,49-,50+,53+,54-,55-,56+/m0/s1. The molecule has 11 N–H and O–H groups in total. The molecule has 4 aliphatic carbocycles. The van der Waals surface area contributed by atoms with E-state index in [0.29, 0.717) is 44.9 Å². The second-order valence-corrected chi connectivity index (χ2v) is 28.7. The molecule has 0 bridgehead atoms. The number of hydrogen-bond acceptors (Lipinski definition) is 28. The van der Waals surface area contributed by atoms with Gasteiger partial charge in [0.15, 0.2) is 25.2 Å². The van der Waals surface area contributed by atoms with Crippen LogP contribution in [0.15, 0.2) is 23.8 Å². The first-order valence-electron chi connectivity index (χ1n) is 29.7. The SMILES string of the molecule is C=C(C)CCC[C@]1(C)OC(=O)[C@]23CC[C@H]4C(=CC[C@H]5C(C)(C)[C@@H](O[C@H]6OC[C@H](OS(=O)(=O)O)[C@H](O)[C@@H]6O[C@@H]6O[C@H](CO)[C@@H](O[C@@H]7O[C@H](COS(=O)(=O)O)[C@@H](O)[C@H](O[C@@H]8O[C@H](CO)[C@@H](O)[C@H](OC)[C@H]8O)[C@H]7O)[C@@H](O)[C@H]6O)CC[C@]45C)[C@]2(C)C[C@H](OC(C)=O)[C@@H]31. The van der Waals surface area contributed by atoms with E-state index in [9.17, 15) is 81.5 Å². The van der Waals surface area contributed by atoms with Crippen molar-refractivity contribution in [1.82, 2.24) is 0 Å². The van der Waals surface area contributed by atoms with Crippen LogP contribution in [0.3, 0.4) is 0 Å². The van der Waals surface area contributed by atoms with Crippen molar-refractivity contribution >= 4 is 32.7 Å². The van der Waals surface area contributed by atoms with Crippen molar-refractivity contribution in [2.75, 3.05) is 33.5 Å². The van der Waals surface area contributed by atoms with E-state index in [-0.39, 0.29) is 23.2 Å². The van der Waals surface area contributed by atoms with Gasteiger partial charge >= 0.3 is 32.7 Å². The molecule has 5 heterocycles. The van der Waals surface area contributed by atoms with Crippen molar-refractivity contribution in [3.05, 3.63) is 23.8 Å². The molecule has 3 saturated carbocycles. The maximum Gasteiger partial charge on any atom is 0.397 e. The minimum atomic E-state index is -5.26. The van der Waals surface area contributed by atoms with Gasteiger partial charge in [0.25, 0.3) is 0 Å². The number of aliphatic hydroxyl groups excluding tert-OH is 9. The number of cyclic esters (lactones) is 1. The van der Waals surface area contributed by atoms with E-state index in [1.54, 1.807) is 0 Å². The van der Waals surface area contributed by atoms with E-state index < -0.39 is 210 Å². The summed E-state index contributed by atoms with van der Waals surface area (Å²) in [5.74, 6) is -1.22. The Morgan fingerprint density at radius 3 is 1.92 bits per heavy atom. The number of hydrogen-bond donors (Lipinski definition) is 11.